The third-order valence-corrected chi connectivity index (χ3v) is 18.5. The summed E-state index contributed by atoms with van der Waals surface area (Å²) >= 11 is 0. The maximum absolute atomic E-state index is 9.50. The molecule has 0 aliphatic carbocycles. The monoisotopic (exact) mass is 635 g/mol. The van der Waals surface area contributed by atoms with Crippen molar-refractivity contribution >= 4 is 26.5 Å². The van der Waals surface area contributed by atoms with E-state index < -0.39 is 39.3 Å². The number of aliphatic carboxylic acids is 2. The van der Waals surface area contributed by atoms with Crippen molar-refractivity contribution in [2.45, 2.75) is 171 Å². The van der Waals surface area contributed by atoms with Gasteiger partial charge in [-0.05, 0) is 64.2 Å². The molecule has 0 bridgehead atoms. The molecule has 0 heterocycles. The number of carboxylic acids is 2. The van der Waals surface area contributed by atoms with Crippen LogP contribution in [0.1, 0.15) is 171 Å². The van der Waals surface area contributed by atoms with Gasteiger partial charge in [0.2, 0.25) is 0 Å². The number of hydrogen-bond acceptors (Lipinski definition) is 4. The standard InChI is InChI=1S/2C16H36P.C4H6O4/c2*1-5-9-13-17(14-10-6-2,15-11-7-3)16-12-8-4;5-3(6)1-2-4(7)8/h2*5-16H2,1-4H3;1-2H2,(H,5,6)(H,7,8)/q2*+1;/p-2. The lowest BCUT2D eigenvalue weighted by Crippen LogP contribution is -2.27. The summed E-state index contributed by atoms with van der Waals surface area (Å²) in [4.78, 5) is 19.0. The van der Waals surface area contributed by atoms with Gasteiger partial charge in [-0.3, -0.25) is 0 Å². The molecule has 6 heteroatoms. The average molecular weight is 635 g/mol. The third-order valence-electron chi connectivity index (χ3n) is 8.42. The summed E-state index contributed by atoms with van der Waals surface area (Å²) in [5, 5.41) is 19.0. The highest BCUT2D eigenvalue weighted by Crippen LogP contribution is 2.62. The summed E-state index contributed by atoms with van der Waals surface area (Å²) in [5.74, 6) is -2.73. The molecule has 254 valence electrons. The molecule has 0 amide bonds. The Labute approximate surface area is 266 Å². The minimum Gasteiger partial charge on any atom is -0.550 e. The smallest absolute Gasteiger partial charge is 0.0594 e. The Hall–Kier alpha value is -0.200. The Balaban J connectivity index is -0.000000579. The number of hydrogen-bond donors (Lipinski definition) is 0. The SMILES string of the molecule is CCCC[P+](CCCC)(CCCC)CCCC.CCCC[P+](CCCC)(CCCC)CCCC.O=C([O-])CCC(=O)[O-]. The summed E-state index contributed by atoms with van der Waals surface area (Å²) in [7, 11) is -1.12. The van der Waals surface area contributed by atoms with E-state index in [0.29, 0.717) is 0 Å². The van der Waals surface area contributed by atoms with Crippen molar-refractivity contribution in [1.29, 1.82) is 0 Å². The molecule has 0 aliphatic rings. The largest absolute Gasteiger partial charge is 0.550 e. The van der Waals surface area contributed by atoms with Gasteiger partial charge >= 0.3 is 0 Å². The van der Waals surface area contributed by atoms with Gasteiger partial charge in [0.1, 0.15) is 0 Å². The Bertz CT molecular complexity index is 458. The topological polar surface area (TPSA) is 80.3 Å². The maximum atomic E-state index is 9.50. The third kappa shape index (κ3) is 29.9. The van der Waals surface area contributed by atoms with Crippen molar-refractivity contribution in [2.75, 3.05) is 49.3 Å². The van der Waals surface area contributed by atoms with E-state index in [4.69, 9.17) is 0 Å². The first-order valence-corrected chi connectivity index (χ1v) is 23.3. The molecule has 0 aromatic rings. The van der Waals surface area contributed by atoms with E-state index in [0.717, 1.165) is 0 Å². The molecular formula is C36H76O4P2. The molecule has 0 saturated carbocycles. The van der Waals surface area contributed by atoms with Crippen LogP contribution >= 0.6 is 14.5 Å². The van der Waals surface area contributed by atoms with Crippen molar-refractivity contribution in [1.82, 2.24) is 0 Å². The van der Waals surface area contributed by atoms with Gasteiger partial charge in [0.05, 0.1) is 49.3 Å². The summed E-state index contributed by atoms with van der Waals surface area (Å²) < 4.78 is 0. The molecule has 0 aromatic heterocycles. The molecule has 0 rings (SSSR count). The van der Waals surface area contributed by atoms with Crippen LogP contribution in [0.4, 0.5) is 0 Å². The molecular weight excluding hydrogens is 558 g/mol. The first-order valence-electron chi connectivity index (χ1n) is 18.2. The van der Waals surface area contributed by atoms with Gasteiger partial charge in [-0.25, -0.2) is 0 Å². The van der Waals surface area contributed by atoms with Crippen molar-refractivity contribution in [3.63, 3.8) is 0 Å². The Morgan fingerprint density at radius 3 is 0.595 bits per heavy atom. The molecule has 0 fully saturated rings. The molecule has 42 heavy (non-hydrogen) atoms. The minimum absolute atomic E-state index is 0.470. The lowest BCUT2D eigenvalue weighted by atomic mass is 10.3. The van der Waals surface area contributed by atoms with E-state index in [1.807, 2.05) is 0 Å². The predicted molar refractivity (Wildman–Crippen MR) is 191 cm³/mol. The van der Waals surface area contributed by atoms with E-state index in [9.17, 15) is 19.8 Å². The highest BCUT2D eigenvalue weighted by molar-refractivity contribution is 7.76. The Morgan fingerprint density at radius 2 is 0.500 bits per heavy atom. The second kappa shape index (κ2) is 33.7. The Morgan fingerprint density at radius 1 is 0.357 bits per heavy atom. The van der Waals surface area contributed by atoms with E-state index in [1.165, 1.54) is 103 Å². The van der Waals surface area contributed by atoms with E-state index >= 15 is 0 Å². The van der Waals surface area contributed by atoms with Gasteiger partial charge in [-0.15, -0.1) is 0 Å². The van der Waals surface area contributed by atoms with E-state index in [1.54, 1.807) is 49.3 Å². The van der Waals surface area contributed by atoms with Gasteiger partial charge in [-0.1, -0.05) is 107 Å². The Kier molecular flexibility index (Phi) is 37.1. The van der Waals surface area contributed by atoms with Crippen LogP contribution in [0.15, 0.2) is 0 Å². The lowest BCUT2D eigenvalue weighted by Gasteiger charge is -2.28. The second-order valence-corrected chi connectivity index (χ2v) is 21.5. The van der Waals surface area contributed by atoms with Crippen LogP contribution in [0, 0.1) is 0 Å². The molecule has 0 radical (unpaired) electrons. The van der Waals surface area contributed by atoms with Crippen LogP contribution in [0.5, 0.6) is 0 Å². The van der Waals surface area contributed by atoms with Crippen LogP contribution in [0.25, 0.3) is 0 Å². The highest BCUT2D eigenvalue weighted by atomic mass is 31.2. The minimum atomic E-state index is -1.37. The van der Waals surface area contributed by atoms with Crippen LogP contribution in [-0.2, 0) is 9.59 Å². The number of carbonyl (C=O) groups is 2. The summed E-state index contributed by atoms with van der Waals surface area (Å²) in [6, 6.07) is 0. The fourth-order valence-corrected chi connectivity index (χ4v) is 16.1. The van der Waals surface area contributed by atoms with Gasteiger partial charge < -0.3 is 19.8 Å². The summed E-state index contributed by atoms with van der Waals surface area (Å²) in [6.07, 6.45) is 35.0. The molecule has 0 saturated heterocycles. The zero-order valence-electron chi connectivity index (χ0n) is 29.9. The normalized spacial score (nSPS) is 11.3. The van der Waals surface area contributed by atoms with Gasteiger partial charge in [0, 0.05) is 26.5 Å². The zero-order chi connectivity index (χ0) is 32.5. The van der Waals surface area contributed by atoms with E-state index in [2.05, 4.69) is 55.4 Å². The number of unbranched alkanes of at least 4 members (excludes halogenated alkanes) is 8. The van der Waals surface area contributed by atoms with Gasteiger partial charge in [-0.2, -0.15) is 0 Å². The first kappa shape index (κ1) is 46.2. The van der Waals surface area contributed by atoms with Gasteiger partial charge in [0.15, 0.2) is 0 Å². The van der Waals surface area contributed by atoms with Crippen LogP contribution in [-0.4, -0.2) is 61.2 Å². The first-order chi connectivity index (χ1) is 20.1. The van der Waals surface area contributed by atoms with Crippen molar-refractivity contribution in [3.8, 4) is 0 Å². The fraction of sp³-hybridized carbons (Fsp3) is 0.944. The van der Waals surface area contributed by atoms with Gasteiger partial charge in [0.25, 0.3) is 0 Å². The number of carboxylic acid groups (broad SMARTS) is 2. The molecule has 0 N–H and O–H groups in total. The van der Waals surface area contributed by atoms with Crippen molar-refractivity contribution in [2.24, 2.45) is 0 Å². The lowest BCUT2D eigenvalue weighted by molar-refractivity contribution is -0.315. The van der Waals surface area contributed by atoms with Crippen molar-refractivity contribution < 1.29 is 19.8 Å². The fourth-order valence-electron chi connectivity index (χ4n) is 5.49. The van der Waals surface area contributed by atoms with Crippen LogP contribution in [0.2, 0.25) is 0 Å². The quantitative estimate of drug-likeness (QED) is 0.0843. The van der Waals surface area contributed by atoms with E-state index in [-0.39, 0.29) is 0 Å². The molecule has 0 atom stereocenters. The summed E-state index contributed by atoms with van der Waals surface area (Å²) in [6.45, 7) is 18.8. The molecule has 0 aliphatic heterocycles. The van der Waals surface area contributed by atoms with Crippen LogP contribution in [0.3, 0.4) is 0 Å². The summed E-state index contributed by atoms with van der Waals surface area (Å²) in [5.41, 5.74) is 0. The highest BCUT2D eigenvalue weighted by Gasteiger charge is 2.35. The molecule has 0 spiro atoms. The molecule has 0 aromatic carbocycles. The number of carbonyl (C=O) groups excluding carboxylic acids is 2. The molecule has 4 nitrogen and oxygen atoms in total. The predicted octanol–water partition coefficient (Wildman–Crippen LogP) is 9.68. The maximum Gasteiger partial charge on any atom is 0.0594 e. The van der Waals surface area contributed by atoms with Crippen LogP contribution < -0.4 is 10.2 Å². The number of rotatable bonds is 27. The second-order valence-electron chi connectivity index (χ2n) is 12.5. The zero-order valence-corrected chi connectivity index (χ0v) is 31.7. The molecule has 0 unspecified atom stereocenters. The average Bonchev–Trinajstić information content (AvgIpc) is 2.99. The van der Waals surface area contributed by atoms with Crippen molar-refractivity contribution in [3.05, 3.63) is 0 Å².